The first-order chi connectivity index (χ1) is 12.6. The van der Waals surface area contributed by atoms with Gasteiger partial charge in [-0.1, -0.05) is 0 Å². The van der Waals surface area contributed by atoms with E-state index < -0.39 is 0 Å². The second kappa shape index (κ2) is 8.47. The zero-order valence-corrected chi connectivity index (χ0v) is 16.4. The number of aromatic nitrogens is 2. The highest BCUT2D eigenvalue weighted by molar-refractivity contribution is 7.18. The minimum absolute atomic E-state index is 0.0358. The third-order valence-corrected chi connectivity index (χ3v) is 6.29. The Morgan fingerprint density at radius 2 is 2.12 bits per heavy atom. The zero-order valence-electron chi connectivity index (χ0n) is 15.5. The molecule has 8 heteroatoms. The van der Waals surface area contributed by atoms with Crippen molar-refractivity contribution in [3.63, 3.8) is 0 Å². The van der Waals surface area contributed by atoms with Crippen LogP contribution in [0, 0.1) is 6.92 Å². The Morgan fingerprint density at radius 1 is 1.31 bits per heavy atom. The van der Waals surface area contributed by atoms with E-state index in [0.717, 1.165) is 47.7 Å². The van der Waals surface area contributed by atoms with Gasteiger partial charge in [-0.15, -0.1) is 11.3 Å². The molecule has 0 saturated carbocycles. The molecule has 0 aliphatic carbocycles. The summed E-state index contributed by atoms with van der Waals surface area (Å²) in [6.45, 7) is 7.36. The van der Waals surface area contributed by atoms with E-state index in [0.29, 0.717) is 31.6 Å². The number of nitrogens with zero attached hydrogens (tertiary/aromatic N) is 2. The van der Waals surface area contributed by atoms with E-state index in [-0.39, 0.29) is 17.4 Å². The van der Waals surface area contributed by atoms with Crippen LogP contribution in [0.2, 0.25) is 0 Å². The monoisotopic (exact) mass is 380 g/mol. The van der Waals surface area contributed by atoms with E-state index in [1.807, 2.05) is 13.8 Å². The number of hydrogen-bond donors (Lipinski definition) is 2. The highest BCUT2D eigenvalue weighted by Gasteiger charge is 2.22. The Kier molecular flexibility index (Phi) is 6.29. The summed E-state index contributed by atoms with van der Waals surface area (Å²) in [5.74, 6) is 0. The number of ether oxygens (including phenoxy) is 1. The molecule has 1 saturated heterocycles. The quantitative estimate of drug-likeness (QED) is 0.704. The van der Waals surface area contributed by atoms with E-state index in [2.05, 4.69) is 5.32 Å². The summed E-state index contributed by atoms with van der Waals surface area (Å²) in [4.78, 5) is 27.7. The molecule has 2 aromatic rings. The minimum Gasteiger partial charge on any atom is -0.376 e. The fourth-order valence-electron chi connectivity index (χ4n) is 3.51. The first-order valence-corrected chi connectivity index (χ1v) is 10.2. The van der Waals surface area contributed by atoms with Gasteiger partial charge >= 0.3 is 5.69 Å². The third-order valence-electron chi connectivity index (χ3n) is 4.98. The molecule has 1 aliphatic rings. The summed E-state index contributed by atoms with van der Waals surface area (Å²) in [5, 5.41) is 3.94. The van der Waals surface area contributed by atoms with E-state index in [4.69, 9.17) is 10.5 Å². The van der Waals surface area contributed by atoms with Gasteiger partial charge in [0.05, 0.1) is 18.0 Å². The van der Waals surface area contributed by atoms with Gasteiger partial charge in [0.15, 0.2) is 0 Å². The van der Waals surface area contributed by atoms with Gasteiger partial charge in [0, 0.05) is 37.7 Å². The maximum atomic E-state index is 12.9. The van der Waals surface area contributed by atoms with Crippen LogP contribution in [0.15, 0.2) is 9.59 Å². The van der Waals surface area contributed by atoms with Gasteiger partial charge in [0.25, 0.3) is 5.56 Å². The average Bonchev–Trinajstić information content (AvgIpc) is 2.97. The van der Waals surface area contributed by atoms with E-state index in [9.17, 15) is 9.59 Å². The van der Waals surface area contributed by atoms with Gasteiger partial charge in [-0.25, -0.2) is 4.79 Å². The molecular formula is C18H28N4O3S. The number of rotatable bonds is 7. The normalized spacial score (nSPS) is 17.9. The van der Waals surface area contributed by atoms with Gasteiger partial charge in [-0.2, -0.15) is 0 Å². The third kappa shape index (κ3) is 3.64. The van der Waals surface area contributed by atoms with Crippen LogP contribution < -0.4 is 22.3 Å². The first kappa shape index (κ1) is 19.3. The molecule has 0 aromatic carbocycles. The van der Waals surface area contributed by atoms with Crippen molar-refractivity contribution in [2.24, 2.45) is 5.73 Å². The molecule has 0 bridgehead atoms. The zero-order chi connectivity index (χ0) is 18.7. The molecule has 144 valence electrons. The number of thiophene rings is 1. The number of nitrogens with one attached hydrogen (secondary N) is 1. The molecular weight excluding hydrogens is 352 g/mol. The molecule has 0 radical (unpaired) electrons. The first-order valence-electron chi connectivity index (χ1n) is 9.36. The van der Waals surface area contributed by atoms with Crippen molar-refractivity contribution in [3.8, 4) is 0 Å². The van der Waals surface area contributed by atoms with Crippen LogP contribution in [0.25, 0.3) is 10.2 Å². The predicted octanol–water partition coefficient (Wildman–Crippen LogP) is 1.17. The number of aryl methyl sites for hydroxylation is 1. The summed E-state index contributed by atoms with van der Waals surface area (Å²) in [6, 6.07) is 0. The lowest BCUT2D eigenvalue weighted by molar-refractivity contribution is 0.00583. The van der Waals surface area contributed by atoms with Gasteiger partial charge in [-0.05, 0) is 38.7 Å². The average molecular weight is 381 g/mol. The molecule has 3 heterocycles. The number of hydrogen-bond acceptors (Lipinski definition) is 6. The van der Waals surface area contributed by atoms with Crippen molar-refractivity contribution in [1.82, 2.24) is 14.5 Å². The number of fused-ring (bicyclic) bond motifs is 1. The Bertz CT molecular complexity index is 877. The van der Waals surface area contributed by atoms with Crippen molar-refractivity contribution >= 4 is 21.6 Å². The largest absolute Gasteiger partial charge is 0.376 e. The van der Waals surface area contributed by atoms with Crippen LogP contribution >= 0.6 is 11.3 Å². The van der Waals surface area contributed by atoms with E-state index >= 15 is 0 Å². The Balaban J connectivity index is 2.10. The smallest absolute Gasteiger partial charge is 0.332 e. The van der Waals surface area contributed by atoms with Crippen molar-refractivity contribution in [1.29, 1.82) is 0 Å². The Hall–Kier alpha value is -1.48. The predicted molar refractivity (Wildman–Crippen MR) is 105 cm³/mol. The molecule has 2 aromatic heterocycles. The van der Waals surface area contributed by atoms with Crippen LogP contribution in [0.3, 0.4) is 0 Å². The Morgan fingerprint density at radius 3 is 2.77 bits per heavy atom. The van der Waals surface area contributed by atoms with E-state index in [1.54, 1.807) is 4.57 Å². The highest BCUT2D eigenvalue weighted by Crippen LogP contribution is 2.28. The van der Waals surface area contributed by atoms with Crippen molar-refractivity contribution in [2.75, 3.05) is 19.7 Å². The van der Waals surface area contributed by atoms with Crippen LogP contribution in [0.1, 0.15) is 36.6 Å². The minimum atomic E-state index is -0.234. The second-order valence-corrected chi connectivity index (χ2v) is 7.81. The topological polar surface area (TPSA) is 91.3 Å². The van der Waals surface area contributed by atoms with Gasteiger partial charge in [0.1, 0.15) is 4.83 Å². The molecule has 26 heavy (non-hydrogen) atoms. The van der Waals surface area contributed by atoms with Crippen LogP contribution in [-0.4, -0.2) is 34.9 Å². The number of nitrogens with two attached hydrogens (primary N) is 1. The molecule has 1 aliphatic heterocycles. The molecule has 0 spiro atoms. The fraction of sp³-hybridized carbons (Fsp3) is 0.667. The molecule has 7 nitrogen and oxygen atoms in total. The lowest BCUT2D eigenvalue weighted by Crippen LogP contribution is -2.41. The van der Waals surface area contributed by atoms with Crippen LogP contribution in [-0.2, 0) is 24.4 Å². The lowest BCUT2D eigenvalue weighted by Gasteiger charge is -2.23. The van der Waals surface area contributed by atoms with Crippen molar-refractivity contribution < 1.29 is 4.74 Å². The SMILES string of the molecule is CCn1c(=O)c2c(C)c(CNCCN)sc2n(CC2CCCCO2)c1=O. The Labute approximate surface area is 156 Å². The molecule has 0 amide bonds. The molecule has 1 fully saturated rings. The van der Waals surface area contributed by atoms with Crippen LogP contribution in [0.5, 0.6) is 0 Å². The van der Waals surface area contributed by atoms with Crippen molar-refractivity contribution in [2.45, 2.75) is 58.8 Å². The molecule has 3 N–H and O–H groups in total. The van der Waals surface area contributed by atoms with Gasteiger partial charge in [-0.3, -0.25) is 13.9 Å². The van der Waals surface area contributed by atoms with Gasteiger partial charge < -0.3 is 15.8 Å². The van der Waals surface area contributed by atoms with Crippen LogP contribution in [0.4, 0.5) is 0 Å². The summed E-state index contributed by atoms with van der Waals surface area (Å²) in [5.41, 5.74) is 6.08. The summed E-state index contributed by atoms with van der Waals surface area (Å²) < 4.78 is 8.92. The highest BCUT2D eigenvalue weighted by atomic mass is 32.1. The molecule has 3 rings (SSSR count). The summed E-state index contributed by atoms with van der Waals surface area (Å²) in [6.07, 6.45) is 3.18. The maximum absolute atomic E-state index is 12.9. The standard InChI is InChI=1S/C18H28N4O3S/c1-3-21-16(23)15-12(2)14(10-20-8-7-19)26-17(15)22(18(21)24)11-13-6-4-5-9-25-13/h13,20H,3-11,19H2,1-2H3. The maximum Gasteiger partial charge on any atom is 0.332 e. The lowest BCUT2D eigenvalue weighted by atomic mass is 10.1. The molecule has 1 atom stereocenters. The van der Waals surface area contributed by atoms with Gasteiger partial charge in [0.2, 0.25) is 0 Å². The fourth-order valence-corrected chi connectivity index (χ4v) is 4.78. The summed E-state index contributed by atoms with van der Waals surface area (Å²) >= 11 is 1.53. The van der Waals surface area contributed by atoms with E-state index in [1.165, 1.54) is 15.9 Å². The summed E-state index contributed by atoms with van der Waals surface area (Å²) in [7, 11) is 0. The molecule has 1 unspecified atom stereocenters. The second-order valence-electron chi connectivity index (χ2n) is 6.73. The van der Waals surface area contributed by atoms with Crippen molar-refractivity contribution in [3.05, 3.63) is 31.3 Å².